The smallest absolute Gasteiger partial charge is 0.178 e. The van der Waals surface area contributed by atoms with Crippen LogP contribution in [-0.2, 0) is 16.3 Å². The fourth-order valence-corrected chi connectivity index (χ4v) is 3.09. The molecule has 5 nitrogen and oxygen atoms in total. The molecule has 1 saturated heterocycles. The maximum atomic E-state index is 11.8. The van der Waals surface area contributed by atoms with Crippen molar-refractivity contribution in [1.29, 1.82) is 0 Å². The van der Waals surface area contributed by atoms with Gasteiger partial charge in [0, 0.05) is 31.3 Å². The maximum absolute atomic E-state index is 11.8. The Balaban J connectivity index is 2.46. The van der Waals surface area contributed by atoms with E-state index >= 15 is 0 Å². The standard InChI is InChI=1S/C12H19N3O2S/c1-3-11-14-8-10(18(2,16)17)12(15-11)9-5-4-6-13-7-9/h8-9,13H,3-7H2,1-2H3. The van der Waals surface area contributed by atoms with Gasteiger partial charge in [-0.2, -0.15) is 0 Å². The summed E-state index contributed by atoms with van der Waals surface area (Å²) in [6, 6.07) is 0. The fraction of sp³-hybridized carbons (Fsp3) is 0.667. The van der Waals surface area contributed by atoms with Crippen LogP contribution in [0.25, 0.3) is 0 Å². The lowest BCUT2D eigenvalue weighted by molar-refractivity contribution is 0.446. The summed E-state index contributed by atoms with van der Waals surface area (Å²) < 4.78 is 23.6. The van der Waals surface area contributed by atoms with E-state index in [9.17, 15) is 8.42 Å². The topological polar surface area (TPSA) is 72.0 Å². The van der Waals surface area contributed by atoms with Gasteiger partial charge in [0.1, 0.15) is 10.7 Å². The molecule has 6 heteroatoms. The molecule has 1 atom stereocenters. The summed E-state index contributed by atoms with van der Waals surface area (Å²) in [6.45, 7) is 3.76. The Hall–Kier alpha value is -1.01. The summed E-state index contributed by atoms with van der Waals surface area (Å²) in [6.07, 6.45) is 5.44. The second-order valence-electron chi connectivity index (χ2n) is 4.70. The molecule has 100 valence electrons. The molecule has 0 aliphatic carbocycles. The highest BCUT2D eigenvalue weighted by Crippen LogP contribution is 2.27. The molecule has 2 rings (SSSR count). The number of sulfone groups is 1. The Bertz CT molecular complexity index is 522. The van der Waals surface area contributed by atoms with E-state index in [2.05, 4.69) is 15.3 Å². The zero-order valence-corrected chi connectivity index (χ0v) is 11.6. The number of aromatic nitrogens is 2. The van der Waals surface area contributed by atoms with Crippen LogP contribution in [0.3, 0.4) is 0 Å². The molecule has 0 saturated carbocycles. The van der Waals surface area contributed by atoms with Crippen LogP contribution < -0.4 is 5.32 Å². The van der Waals surface area contributed by atoms with E-state index in [1.54, 1.807) is 0 Å². The molecule has 0 spiro atoms. The molecule has 1 aromatic rings. The summed E-state index contributed by atoms with van der Waals surface area (Å²) in [7, 11) is -3.26. The Morgan fingerprint density at radius 1 is 1.50 bits per heavy atom. The molecule has 0 bridgehead atoms. The Morgan fingerprint density at radius 2 is 2.28 bits per heavy atom. The summed E-state index contributed by atoms with van der Waals surface area (Å²) >= 11 is 0. The van der Waals surface area contributed by atoms with Crippen LogP contribution in [0.4, 0.5) is 0 Å². The van der Waals surface area contributed by atoms with Crippen molar-refractivity contribution in [2.24, 2.45) is 0 Å². The highest BCUT2D eigenvalue weighted by molar-refractivity contribution is 7.90. The van der Waals surface area contributed by atoms with Crippen molar-refractivity contribution in [3.63, 3.8) is 0 Å². The summed E-state index contributed by atoms with van der Waals surface area (Å²) in [5.74, 6) is 0.889. The first-order valence-electron chi connectivity index (χ1n) is 6.29. The lowest BCUT2D eigenvalue weighted by Crippen LogP contribution is -2.30. The largest absolute Gasteiger partial charge is 0.316 e. The first-order chi connectivity index (χ1) is 8.52. The molecule has 18 heavy (non-hydrogen) atoms. The minimum absolute atomic E-state index is 0.178. The molecule has 1 aromatic heterocycles. The molecule has 1 N–H and O–H groups in total. The normalized spacial score (nSPS) is 20.9. The molecule has 1 aliphatic rings. The molecule has 1 unspecified atom stereocenters. The SMILES string of the molecule is CCc1ncc(S(C)(=O)=O)c(C2CCCNC2)n1. The molecular weight excluding hydrogens is 250 g/mol. The van der Waals surface area contributed by atoms with Crippen molar-refractivity contribution in [1.82, 2.24) is 15.3 Å². The molecule has 1 fully saturated rings. The zero-order chi connectivity index (χ0) is 13.2. The van der Waals surface area contributed by atoms with E-state index in [0.717, 1.165) is 32.4 Å². The summed E-state index contributed by atoms with van der Waals surface area (Å²) in [5.41, 5.74) is 0.691. The molecule has 0 aromatic carbocycles. The van der Waals surface area contributed by atoms with E-state index in [0.29, 0.717) is 11.5 Å². The average Bonchev–Trinajstić information content (AvgIpc) is 2.38. The van der Waals surface area contributed by atoms with Gasteiger partial charge in [0.2, 0.25) is 0 Å². The lowest BCUT2D eigenvalue weighted by Gasteiger charge is -2.23. The van der Waals surface area contributed by atoms with Crippen LogP contribution >= 0.6 is 0 Å². The van der Waals surface area contributed by atoms with E-state index in [1.165, 1.54) is 12.5 Å². The predicted octanol–water partition coefficient (Wildman–Crippen LogP) is 0.909. The van der Waals surface area contributed by atoms with Crippen molar-refractivity contribution in [2.75, 3.05) is 19.3 Å². The minimum Gasteiger partial charge on any atom is -0.316 e. The van der Waals surface area contributed by atoms with Crippen molar-refractivity contribution in [3.05, 3.63) is 17.7 Å². The van der Waals surface area contributed by atoms with Gasteiger partial charge in [0.15, 0.2) is 9.84 Å². The van der Waals surface area contributed by atoms with Gasteiger partial charge in [-0.05, 0) is 19.4 Å². The van der Waals surface area contributed by atoms with Crippen molar-refractivity contribution in [2.45, 2.75) is 37.0 Å². The maximum Gasteiger partial charge on any atom is 0.178 e. The number of aryl methyl sites for hydroxylation is 1. The highest BCUT2D eigenvalue weighted by atomic mass is 32.2. The number of rotatable bonds is 3. The van der Waals surface area contributed by atoms with Gasteiger partial charge in [-0.1, -0.05) is 6.92 Å². The molecule has 0 amide bonds. The summed E-state index contributed by atoms with van der Waals surface area (Å²) in [5, 5.41) is 3.29. The van der Waals surface area contributed by atoms with Gasteiger partial charge in [-0.3, -0.25) is 0 Å². The van der Waals surface area contributed by atoms with Gasteiger partial charge < -0.3 is 5.32 Å². The Labute approximate surface area is 108 Å². The van der Waals surface area contributed by atoms with Gasteiger partial charge in [0.05, 0.1) is 5.69 Å². The van der Waals surface area contributed by atoms with Crippen LogP contribution in [0.15, 0.2) is 11.1 Å². The number of piperidine rings is 1. The minimum atomic E-state index is -3.26. The van der Waals surface area contributed by atoms with Crippen LogP contribution in [0.2, 0.25) is 0 Å². The van der Waals surface area contributed by atoms with Crippen LogP contribution in [0.5, 0.6) is 0 Å². The van der Waals surface area contributed by atoms with Crippen LogP contribution in [0, 0.1) is 0 Å². The fourth-order valence-electron chi connectivity index (χ4n) is 2.26. The van der Waals surface area contributed by atoms with Crippen molar-refractivity contribution >= 4 is 9.84 Å². The number of nitrogens with one attached hydrogen (secondary N) is 1. The van der Waals surface area contributed by atoms with E-state index < -0.39 is 9.84 Å². The molecule has 1 aliphatic heterocycles. The van der Waals surface area contributed by atoms with Gasteiger partial charge >= 0.3 is 0 Å². The summed E-state index contributed by atoms with van der Waals surface area (Å²) in [4.78, 5) is 8.85. The van der Waals surface area contributed by atoms with Crippen molar-refractivity contribution < 1.29 is 8.42 Å². The third kappa shape index (κ3) is 2.87. The molecule has 2 heterocycles. The van der Waals surface area contributed by atoms with Gasteiger partial charge in [-0.25, -0.2) is 18.4 Å². The number of hydrogen-bond donors (Lipinski definition) is 1. The first-order valence-corrected chi connectivity index (χ1v) is 8.18. The zero-order valence-electron chi connectivity index (χ0n) is 10.8. The van der Waals surface area contributed by atoms with E-state index in [1.807, 2.05) is 6.92 Å². The van der Waals surface area contributed by atoms with Gasteiger partial charge in [0.25, 0.3) is 0 Å². The third-order valence-electron chi connectivity index (χ3n) is 3.23. The number of nitrogens with zero attached hydrogens (tertiary/aromatic N) is 2. The number of hydrogen-bond acceptors (Lipinski definition) is 5. The van der Waals surface area contributed by atoms with Crippen LogP contribution in [0.1, 0.15) is 37.2 Å². The predicted molar refractivity (Wildman–Crippen MR) is 69.4 cm³/mol. The van der Waals surface area contributed by atoms with E-state index in [4.69, 9.17) is 0 Å². The van der Waals surface area contributed by atoms with Crippen molar-refractivity contribution in [3.8, 4) is 0 Å². The quantitative estimate of drug-likeness (QED) is 0.883. The third-order valence-corrected chi connectivity index (χ3v) is 4.35. The second kappa shape index (κ2) is 5.32. The van der Waals surface area contributed by atoms with Crippen LogP contribution in [-0.4, -0.2) is 37.7 Å². The highest BCUT2D eigenvalue weighted by Gasteiger charge is 2.24. The first kappa shape index (κ1) is 13.4. The monoisotopic (exact) mass is 269 g/mol. The van der Waals surface area contributed by atoms with E-state index in [-0.39, 0.29) is 10.8 Å². The van der Waals surface area contributed by atoms with Gasteiger partial charge in [-0.15, -0.1) is 0 Å². The molecule has 0 radical (unpaired) electrons. The average molecular weight is 269 g/mol. The Kier molecular flexibility index (Phi) is 3.97. The lowest BCUT2D eigenvalue weighted by atomic mass is 9.96. The molecular formula is C12H19N3O2S. The Morgan fingerprint density at radius 3 is 2.83 bits per heavy atom. The second-order valence-corrected chi connectivity index (χ2v) is 6.69.